The van der Waals surface area contributed by atoms with E-state index in [1.165, 1.54) is 0 Å². The highest BCUT2D eigenvalue weighted by Crippen LogP contribution is 1.56. The number of methoxy groups -OCH3 is 1. The Hall–Kier alpha value is -0.120. The van der Waals surface area contributed by atoms with Crippen LogP contribution in [0.3, 0.4) is 0 Å². The predicted octanol–water partition coefficient (Wildman–Crippen LogP) is -0.130. The van der Waals surface area contributed by atoms with Crippen LogP contribution >= 0.6 is 0 Å². The van der Waals surface area contributed by atoms with Crippen LogP contribution in [-0.2, 0) is 4.74 Å². The fraction of sp³-hybridized carbons (Fsp3) is 1.00. The van der Waals surface area contributed by atoms with E-state index >= 15 is 0 Å². The Kier molecular flexibility index (Phi) is 56.1. The summed E-state index contributed by atoms with van der Waals surface area (Å²) >= 11 is 0. The Morgan fingerprint density at radius 2 is 1.75 bits per heavy atom. The molecular formula is C5H16O3. The second-order valence-corrected chi connectivity index (χ2v) is 0.716. The first-order chi connectivity index (χ1) is 3.41. The summed E-state index contributed by atoms with van der Waals surface area (Å²) in [5, 5.41) is 14.9. The van der Waals surface area contributed by atoms with Gasteiger partial charge in [-0.15, -0.1) is 0 Å². The van der Waals surface area contributed by atoms with Crippen LogP contribution in [0.2, 0.25) is 0 Å². The first-order valence-electron chi connectivity index (χ1n) is 1.96. The quantitative estimate of drug-likeness (QED) is 0.539. The molecule has 3 nitrogen and oxygen atoms in total. The number of aliphatic hydroxyl groups excluding tert-OH is 2. The van der Waals surface area contributed by atoms with Crippen LogP contribution in [0, 0.1) is 0 Å². The van der Waals surface area contributed by atoms with Crippen molar-refractivity contribution in [1.29, 1.82) is 0 Å². The molecule has 0 aromatic rings. The van der Waals surface area contributed by atoms with Crippen LogP contribution in [0.25, 0.3) is 0 Å². The zero-order valence-electron chi connectivity index (χ0n) is 4.72. The van der Waals surface area contributed by atoms with E-state index in [0.29, 0.717) is 6.61 Å². The molecule has 0 aromatic carbocycles. The number of hydrogen-bond acceptors (Lipinski definition) is 3. The smallest absolute Gasteiger partial charge is 0.0693 e. The summed E-state index contributed by atoms with van der Waals surface area (Å²) in [6.07, 6.45) is 0. The van der Waals surface area contributed by atoms with Crippen LogP contribution in [0.4, 0.5) is 0 Å². The average Bonchev–Trinajstić information content (AvgIpc) is 1.75. The first-order valence-corrected chi connectivity index (χ1v) is 1.96. The van der Waals surface area contributed by atoms with Crippen molar-refractivity contribution in [2.75, 3.05) is 27.4 Å². The van der Waals surface area contributed by atoms with E-state index in [-0.39, 0.29) is 14.0 Å². The van der Waals surface area contributed by atoms with Crippen molar-refractivity contribution in [2.24, 2.45) is 0 Å². The van der Waals surface area contributed by atoms with E-state index < -0.39 is 0 Å². The molecule has 2 N–H and O–H groups in total. The van der Waals surface area contributed by atoms with E-state index in [9.17, 15) is 0 Å². The van der Waals surface area contributed by atoms with Crippen LogP contribution in [-0.4, -0.2) is 37.6 Å². The van der Waals surface area contributed by atoms with Crippen molar-refractivity contribution in [1.82, 2.24) is 0 Å². The number of rotatable bonds is 2. The molecule has 0 aliphatic heterocycles. The molecule has 0 saturated carbocycles. The van der Waals surface area contributed by atoms with Gasteiger partial charge in [-0.3, -0.25) is 0 Å². The van der Waals surface area contributed by atoms with Gasteiger partial charge in [0.1, 0.15) is 0 Å². The summed E-state index contributed by atoms with van der Waals surface area (Å²) in [7, 11) is 2.55. The lowest BCUT2D eigenvalue weighted by molar-refractivity contribution is 0.135. The minimum atomic E-state index is 0. The molecular weight excluding hydrogens is 108 g/mol. The first kappa shape index (κ1) is 15.7. The molecule has 0 radical (unpaired) electrons. The van der Waals surface area contributed by atoms with Crippen molar-refractivity contribution >= 4 is 0 Å². The molecule has 0 rings (SSSR count). The molecule has 0 spiro atoms. The molecule has 0 saturated heterocycles. The van der Waals surface area contributed by atoms with Gasteiger partial charge in [-0.2, -0.15) is 0 Å². The van der Waals surface area contributed by atoms with E-state index in [1.807, 2.05) is 0 Å². The lowest BCUT2D eigenvalue weighted by Gasteiger charge is -1.84. The van der Waals surface area contributed by atoms with Gasteiger partial charge in [-0.1, -0.05) is 7.43 Å². The van der Waals surface area contributed by atoms with Crippen molar-refractivity contribution in [3.63, 3.8) is 0 Å². The van der Waals surface area contributed by atoms with Gasteiger partial charge in [0, 0.05) is 14.2 Å². The highest BCUT2D eigenvalue weighted by atomic mass is 16.5. The molecule has 8 heavy (non-hydrogen) atoms. The van der Waals surface area contributed by atoms with Crippen LogP contribution in [0.5, 0.6) is 0 Å². The molecule has 0 amide bonds. The average molecular weight is 124 g/mol. The lowest BCUT2D eigenvalue weighted by atomic mass is 10.8. The fourth-order valence-corrected chi connectivity index (χ4v) is 0.0913. The third kappa shape index (κ3) is 39.6. The maximum Gasteiger partial charge on any atom is 0.0693 e. The Labute approximate surface area is 50.9 Å². The normalized spacial score (nSPS) is 6.00. The summed E-state index contributed by atoms with van der Waals surface area (Å²) in [6, 6.07) is 0. The molecule has 3 heteroatoms. The van der Waals surface area contributed by atoms with Crippen LogP contribution in [0.1, 0.15) is 7.43 Å². The van der Waals surface area contributed by atoms with E-state index in [4.69, 9.17) is 10.2 Å². The van der Waals surface area contributed by atoms with E-state index in [0.717, 1.165) is 7.11 Å². The Balaban J connectivity index is -0.0000000750. The molecule has 0 unspecified atom stereocenters. The van der Waals surface area contributed by atoms with Gasteiger partial charge in [0.2, 0.25) is 0 Å². The zero-order valence-corrected chi connectivity index (χ0v) is 4.72. The minimum Gasteiger partial charge on any atom is -0.400 e. The summed E-state index contributed by atoms with van der Waals surface area (Å²) in [5.41, 5.74) is 0. The monoisotopic (exact) mass is 124 g/mol. The summed E-state index contributed by atoms with van der Waals surface area (Å²) in [4.78, 5) is 0. The second-order valence-electron chi connectivity index (χ2n) is 0.716. The Morgan fingerprint density at radius 3 is 1.75 bits per heavy atom. The second kappa shape index (κ2) is 28.7. The molecule has 0 heterocycles. The van der Waals surface area contributed by atoms with E-state index in [1.54, 1.807) is 7.11 Å². The highest BCUT2D eigenvalue weighted by molar-refractivity contribution is 4.12. The minimum absolute atomic E-state index is 0. The van der Waals surface area contributed by atoms with Gasteiger partial charge in [-0.05, 0) is 0 Å². The summed E-state index contributed by atoms with van der Waals surface area (Å²) in [5.74, 6) is 0. The third-order valence-electron chi connectivity index (χ3n) is 0.295. The Bertz CT molecular complexity index is 15.1. The zero-order chi connectivity index (χ0) is 6.12. The summed E-state index contributed by atoms with van der Waals surface area (Å²) in [6.45, 7) is 0.566. The molecule has 0 bridgehead atoms. The van der Waals surface area contributed by atoms with Gasteiger partial charge in [0.15, 0.2) is 0 Å². The Morgan fingerprint density at radius 1 is 1.38 bits per heavy atom. The van der Waals surface area contributed by atoms with Crippen molar-refractivity contribution in [3.8, 4) is 0 Å². The highest BCUT2D eigenvalue weighted by Gasteiger charge is 1.67. The molecule has 0 aliphatic carbocycles. The number of aliphatic hydroxyl groups is 2. The lowest BCUT2D eigenvalue weighted by Crippen LogP contribution is -1.91. The number of ether oxygens (including phenoxy) is 1. The van der Waals surface area contributed by atoms with Gasteiger partial charge >= 0.3 is 0 Å². The van der Waals surface area contributed by atoms with Gasteiger partial charge < -0.3 is 14.9 Å². The third-order valence-corrected chi connectivity index (χ3v) is 0.295. The van der Waals surface area contributed by atoms with Gasteiger partial charge in [0.05, 0.1) is 13.2 Å². The largest absolute Gasteiger partial charge is 0.400 e. The predicted molar refractivity (Wildman–Crippen MR) is 33.8 cm³/mol. The van der Waals surface area contributed by atoms with Gasteiger partial charge in [-0.25, -0.2) is 0 Å². The number of hydrogen-bond donors (Lipinski definition) is 2. The van der Waals surface area contributed by atoms with Crippen molar-refractivity contribution in [2.45, 2.75) is 7.43 Å². The van der Waals surface area contributed by atoms with Crippen molar-refractivity contribution < 1.29 is 14.9 Å². The topological polar surface area (TPSA) is 49.7 Å². The molecule has 54 valence electrons. The van der Waals surface area contributed by atoms with Gasteiger partial charge in [0.25, 0.3) is 0 Å². The molecule has 0 aromatic heterocycles. The van der Waals surface area contributed by atoms with Crippen molar-refractivity contribution in [3.05, 3.63) is 0 Å². The fourth-order valence-electron chi connectivity index (χ4n) is 0.0913. The maximum absolute atomic E-state index is 7.94. The summed E-state index contributed by atoms with van der Waals surface area (Å²) < 4.78 is 4.44. The van der Waals surface area contributed by atoms with Crippen LogP contribution in [0.15, 0.2) is 0 Å². The maximum atomic E-state index is 7.94. The standard InChI is InChI=1S/C3H8O2.CH4O.CH4/c1-5-3-2-4;1-2;/h4H,2-3H2,1H3;2H,1H3;1H4. The SMILES string of the molecule is C.CO.COCCO. The molecule has 0 atom stereocenters. The van der Waals surface area contributed by atoms with Crippen LogP contribution < -0.4 is 0 Å². The molecule has 0 aliphatic rings. The van der Waals surface area contributed by atoms with E-state index in [2.05, 4.69) is 4.74 Å². The molecule has 0 fully saturated rings.